The molecule has 2 saturated heterocycles. The first-order chi connectivity index (χ1) is 17.4. The largest absolute Gasteiger partial charge is 0.483 e. The van der Waals surface area contributed by atoms with Crippen LogP contribution >= 0.6 is 11.8 Å². The van der Waals surface area contributed by atoms with Crippen molar-refractivity contribution in [3.05, 3.63) is 64.6 Å². The Bertz CT molecular complexity index is 1200. The van der Waals surface area contributed by atoms with Crippen LogP contribution in [-0.4, -0.2) is 66.9 Å². The molecule has 0 unspecified atom stereocenters. The molecular formula is C26H27N3O6S. The number of hydrogen-bond donors (Lipinski definition) is 1. The van der Waals surface area contributed by atoms with Gasteiger partial charge in [-0.1, -0.05) is 24.3 Å². The van der Waals surface area contributed by atoms with Crippen LogP contribution in [0.5, 0.6) is 5.75 Å². The van der Waals surface area contributed by atoms with Gasteiger partial charge in [0.25, 0.3) is 11.8 Å². The molecule has 10 heteroatoms. The molecule has 2 fully saturated rings. The zero-order valence-corrected chi connectivity index (χ0v) is 20.9. The number of morpholine rings is 1. The molecule has 0 aromatic heterocycles. The van der Waals surface area contributed by atoms with Crippen LogP contribution in [-0.2, 0) is 19.1 Å². The molecule has 0 atom stereocenters. The van der Waals surface area contributed by atoms with Gasteiger partial charge in [0, 0.05) is 18.7 Å². The highest BCUT2D eigenvalue weighted by molar-refractivity contribution is 8.18. The first kappa shape index (κ1) is 25.5. The third-order valence-corrected chi connectivity index (χ3v) is 6.14. The number of thioether (sulfide) groups is 1. The van der Waals surface area contributed by atoms with Crippen LogP contribution in [0.1, 0.15) is 29.8 Å². The molecule has 188 valence electrons. The maximum atomic E-state index is 12.6. The molecule has 9 nitrogen and oxygen atoms in total. The molecule has 36 heavy (non-hydrogen) atoms. The van der Waals surface area contributed by atoms with E-state index in [1.54, 1.807) is 55.2 Å². The SMILES string of the molecule is CC(C)OC(=O)c1cccc(N=C2NC(=O)/C(=C\c3ccccc3OCC(=O)N3CCOCC3)S2)c1. The number of hydrogen-bond acceptors (Lipinski definition) is 8. The number of para-hydroxylation sites is 1. The smallest absolute Gasteiger partial charge is 0.338 e. The van der Waals surface area contributed by atoms with E-state index in [9.17, 15) is 14.4 Å². The second-order valence-corrected chi connectivity index (χ2v) is 9.34. The van der Waals surface area contributed by atoms with Crippen molar-refractivity contribution < 1.29 is 28.6 Å². The second kappa shape index (κ2) is 11.9. The van der Waals surface area contributed by atoms with Crippen LogP contribution in [0.25, 0.3) is 6.08 Å². The molecule has 0 saturated carbocycles. The molecule has 2 aliphatic heterocycles. The number of carbonyl (C=O) groups is 3. The Hall–Kier alpha value is -3.63. The first-order valence-corrected chi connectivity index (χ1v) is 12.4. The summed E-state index contributed by atoms with van der Waals surface area (Å²) in [5, 5.41) is 3.13. The van der Waals surface area contributed by atoms with Gasteiger partial charge in [-0.25, -0.2) is 9.79 Å². The molecule has 2 amide bonds. The summed E-state index contributed by atoms with van der Waals surface area (Å²) in [6.07, 6.45) is 1.47. The zero-order chi connectivity index (χ0) is 25.5. The Morgan fingerprint density at radius 3 is 2.72 bits per heavy atom. The van der Waals surface area contributed by atoms with Crippen LogP contribution in [0.2, 0.25) is 0 Å². The van der Waals surface area contributed by atoms with Gasteiger partial charge in [0.15, 0.2) is 11.8 Å². The predicted molar refractivity (Wildman–Crippen MR) is 137 cm³/mol. The normalized spacial score (nSPS) is 18.0. The quantitative estimate of drug-likeness (QED) is 0.450. The maximum Gasteiger partial charge on any atom is 0.338 e. The van der Waals surface area contributed by atoms with Crippen LogP contribution in [0.3, 0.4) is 0 Å². The van der Waals surface area contributed by atoms with Crippen molar-refractivity contribution in [2.45, 2.75) is 20.0 Å². The molecule has 4 rings (SSSR count). The number of aliphatic imine (C=N–C) groups is 1. The van der Waals surface area contributed by atoms with E-state index in [2.05, 4.69) is 10.3 Å². The van der Waals surface area contributed by atoms with Gasteiger partial charge in [-0.15, -0.1) is 0 Å². The number of esters is 1. The average Bonchev–Trinajstić information content (AvgIpc) is 3.21. The van der Waals surface area contributed by atoms with Crippen molar-refractivity contribution in [1.29, 1.82) is 0 Å². The summed E-state index contributed by atoms with van der Waals surface area (Å²) in [6, 6.07) is 13.9. The van der Waals surface area contributed by atoms with Crippen LogP contribution < -0.4 is 10.1 Å². The standard InChI is InChI=1S/C26H27N3O6S/c1-17(2)35-25(32)19-7-5-8-20(14-19)27-26-28-24(31)22(36-26)15-18-6-3-4-9-21(18)34-16-23(30)29-10-12-33-13-11-29/h3-9,14-15,17H,10-13,16H2,1-2H3,(H,27,28,31)/b22-15+. The van der Waals surface area contributed by atoms with Gasteiger partial charge in [0.2, 0.25) is 0 Å². The second-order valence-electron chi connectivity index (χ2n) is 8.31. The highest BCUT2D eigenvalue weighted by Gasteiger charge is 2.25. The molecule has 0 aliphatic carbocycles. The van der Waals surface area contributed by atoms with Crippen molar-refractivity contribution in [2.24, 2.45) is 4.99 Å². The van der Waals surface area contributed by atoms with E-state index in [4.69, 9.17) is 14.2 Å². The Kier molecular flexibility index (Phi) is 8.40. The third kappa shape index (κ3) is 6.73. The molecule has 0 bridgehead atoms. The number of amidine groups is 1. The van der Waals surface area contributed by atoms with E-state index in [1.807, 2.05) is 18.2 Å². The minimum absolute atomic E-state index is 0.0954. The lowest BCUT2D eigenvalue weighted by atomic mass is 10.2. The molecule has 1 N–H and O–H groups in total. The molecule has 2 aromatic carbocycles. The van der Waals surface area contributed by atoms with E-state index in [1.165, 1.54) is 11.8 Å². The van der Waals surface area contributed by atoms with E-state index in [0.29, 0.717) is 58.9 Å². The highest BCUT2D eigenvalue weighted by atomic mass is 32.2. The monoisotopic (exact) mass is 509 g/mol. The zero-order valence-electron chi connectivity index (χ0n) is 20.1. The lowest BCUT2D eigenvalue weighted by molar-refractivity contribution is -0.137. The number of ether oxygens (including phenoxy) is 3. The molecule has 2 aliphatic rings. The van der Waals surface area contributed by atoms with Crippen molar-refractivity contribution >= 4 is 46.5 Å². The molecule has 0 spiro atoms. The number of carbonyl (C=O) groups excluding carboxylic acids is 3. The summed E-state index contributed by atoms with van der Waals surface area (Å²) in [5.74, 6) is -0.336. The molecule has 2 aromatic rings. The van der Waals surface area contributed by atoms with Gasteiger partial charge in [-0.3, -0.25) is 9.59 Å². The summed E-state index contributed by atoms with van der Waals surface area (Å²) >= 11 is 1.18. The molecule has 2 heterocycles. The number of nitrogens with zero attached hydrogens (tertiary/aromatic N) is 2. The van der Waals surface area contributed by atoms with E-state index in [-0.39, 0.29) is 24.5 Å². The lowest BCUT2D eigenvalue weighted by Crippen LogP contribution is -2.43. The Balaban J connectivity index is 1.45. The van der Waals surface area contributed by atoms with Gasteiger partial charge in [-0.2, -0.15) is 0 Å². The van der Waals surface area contributed by atoms with Gasteiger partial charge in [-0.05, 0) is 56.0 Å². The maximum absolute atomic E-state index is 12.6. The van der Waals surface area contributed by atoms with E-state index < -0.39 is 5.97 Å². The number of nitrogens with one attached hydrogen (secondary N) is 1. The minimum Gasteiger partial charge on any atom is -0.483 e. The number of benzene rings is 2. The van der Waals surface area contributed by atoms with Gasteiger partial charge in [0.05, 0.1) is 35.5 Å². The van der Waals surface area contributed by atoms with Crippen molar-refractivity contribution in [3.8, 4) is 5.75 Å². The summed E-state index contributed by atoms with van der Waals surface area (Å²) in [4.78, 5) is 43.8. The molecular weight excluding hydrogens is 482 g/mol. The fraction of sp³-hybridized carbons (Fsp3) is 0.308. The topological polar surface area (TPSA) is 107 Å². The Labute approximate surface area is 213 Å². The van der Waals surface area contributed by atoms with E-state index in [0.717, 1.165) is 0 Å². The summed E-state index contributed by atoms with van der Waals surface area (Å²) < 4.78 is 16.3. The average molecular weight is 510 g/mol. The van der Waals surface area contributed by atoms with Gasteiger partial charge >= 0.3 is 5.97 Å². The predicted octanol–water partition coefficient (Wildman–Crippen LogP) is 3.38. The van der Waals surface area contributed by atoms with Crippen molar-refractivity contribution in [3.63, 3.8) is 0 Å². The van der Waals surface area contributed by atoms with Crippen LogP contribution in [0.15, 0.2) is 58.4 Å². The summed E-state index contributed by atoms with van der Waals surface area (Å²) in [5.41, 5.74) is 1.57. The number of rotatable bonds is 7. The lowest BCUT2D eigenvalue weighted by Gasteiger charge is -2.26. The Morgan fingerprint density at radius 1 is 1.17 bits per heavy atom. The summed E-state index contributed by atoms with van der Waals surface area (Å²) in [6.45, 7) is 5.62. The molecule has 0 radical (unpaired) electrons. The van der Waals surface area contributed by atoms with Gasteiger partial charge in [0.1, 0.15) is 5.75 Å². The Morgan fingerprint density at radius 2 is 1.94 bits per heavy atom. The fourth-order valence-corrected chi connectivity index (χ4v) is 4.33. The van der Waals surface area contributed by atoms with Crippen LogP contribution in [0.4, 0.5) is 5.69 Å². The minimum atomic E-state index is -0.431. The van der Waals surface area contributed by atoms with Crippen LogP contribution in [0, 0.1) is 0 Å². The highest BCUT2D eigenvalue weighted by Crippen LogP contribution is 2.31. The first-order valence-electron chi connectivity index (χ1n) is 11.6. The van der Waals surface area contributed by atoms with Gasteiger partial charge < -0.3 is 24.4 Å². The van der Waals surface area contributed by atoms with Crippen molar-refractivity contribution in [1.82, 2.24) is 10.2 Å². The number of amides is 2. The van der Waals surface area contributed by atoms with Crippen molar-refractivity contribution in [2.75, 3.05) is 32.9 Å². The fourth-order valence-electron chi connectivity index (χ4n) is 3.50. The summed E-state index contributed by atoms with van der Waals surface area (Å²) in [7, 11) is 0. The third-order valence-electron chi connectivity index (χ3n) is 5.23. The van der Waals surface area contributed by atoms with E-state index >= 15 is 0 Å².